The van der Waals surface area contributed by atoms with Crippen LogP contribution in [0.3, 0.4) is 0 Å². The van der Waals surface area contributed by atoms with Crippen molar-refractivity contribution in [1.29, 1.82) is 0 Å². The van der Waals surface area contributed by atoms with Gasteiger partial charge in [-0.3, -0.25) is 9.59 Å². The number of carboxylic acids is 1. The number of hydrogen-bond acceptors (Lipinski definition) is 2. The first kappa shape index (κ1) is 15.6. The van der Waals surface area contributed by atoms with Gasteiger partial charge in [0.2, 0.25) is 5.91 Å². The van der Waals surface area contributed by atoms with Crippen LogP contribution in [0.1, 0.15) is 25.8 Å². The molecule has 1 amide bonds. The molecule has 19 heavy (non-hydrogen) atoms. The molecule has 0 aliphatic heterocycles. The SMILES string of the molecule is CC(=O)NCC(C)(CC(=O)O)c1ccc(F)c(Br)c1. The van der Waals surface area contributed by atoms with E-state index in [-0.39, 0.29) is 23.3 Å². The molecule has 0 aliphatic rings. The fourth-order valence-electron chi connectivity index (χ4n) is 1.79. The summed E-state index contributed by atoms with van der Waals surface area (Å²) < 4.78 is 13.5. The summed E-state index contributed by atoms with van der Waals surface area (Å²) >= 11 is 3.08. The summed E-state index contributed by atoms with van der Waals surface area (Å²) in [4.78, 5) is 22.0. The van der Waals surface area contributed by atoms with Crippen LogP contribution in [-0.2, 0) is 15.0 Å². The zero-order chi connectivity index (χ0) is 14.6. The molecule has 0 aromatic heterocycles. The summed E-state index contributed by atoms with van der Waals surface area (Å²) in [7, 11) is 0. The van der Waals surface area contributed by atoms with E-state index in [1.165, 1.54) is 19.1 Å². The highest BCUT2D eigenvalue weighted by Gasteiger charge is 2.30. The first-order valence-electron chi connectivity index (χ1n) is 5.66. The van der Waals surface area contributed by atoms with Gasteiger partial charge in [0.15, 0.2) is 0 Å². The quantitative estimate of drug-likeness (QED) is 0.870. The van der Waals surface area contributed by atoms with Crippen LogP contribution in [0.4, 0.5) is 4.39 Å². The average Bonchev–Trinajstić information content (AvgIpc) is 2.29. The molecule has 0 fully saturated rings. The normalized spacial score (nSPS) is 13.7. The van der Waals surface area contributed by atoms with Crippen molar-refractivity contribution in [2.24, 2.45) is 0 Å². The third kappa shape index (κ3) is 4.31. The van der Waals surface area contributed by atoms with Crippen LogP contribution >= 0.6 is 15.9 Å². The lowest BCUT2D eigenvalue weighted by Gasteiger charge is -2.29. The molecule has 1 atom stereocenters. The van der Waals surface area contributed by atoms with E-state index < -0.39 is 17.2 Å². The Morgan fingerprint density at radius 1 is 1.47 bits per heavy atom. The van der Waals surface area contributed by atoms with Gasteiger partial charge in [-0.15, -0.1) is 0 Å². The van der Waals surface area contributed by atoms with E-state index in [0.717, 1.165) is 0 Å². The van der Waals surface area contributed by atoms with Gasteiger partial charge >= 0.3 is 5.97 Å². The predicted octanol–water partition coefficient (Wildman–Crippen LogP) is 2.46. The number of carboxylic acid groups (broad SMARTS) is 1. The summed E-state index contributed by atoms with van der Waals surface area (Å²) in [6.45, 7) is 3.26. The van der Waals surface area contributed by atoms with Gasteiger partial charge in [0.05, 0.1) is 10.9 Å². The lowest BCUT2D eigenvalue weighted by atomic mass is 9.79. The monoisotopic (exact) mass is 331 g/mol. The van der Waals surface area contributed by atoms with Crippen LogP contribution in [-0.4, -0.2) is 23.5 Å². The van der Waals surface area contributed by atoms with Gasteiger partial charge in [-0.2, -0.15) is 0 Å². The van der Waals surface area contributed by atoms with E-state index >= 15 is 0 Å². The number of rotatable bonds is 5. The molecule has 2 N–H and O–H groups in total. The van der Waals surface area contributed by atoms with E-state index in [4.69, 9.17) is 5.11 Å². The van der Waals surface area contributed by atoms with E-state index in [0.29, 0.717) is 5.56 Å². The van der Waals surface area contributed by atoms with Gasteiger partial charge in [0.25, 0.3) is 0 Å². The van der Waals surface area contributed by atoms with Crippen LogP contribution in [0.2, 0.25) is 0 Å². The summed E-state index contributed by atoms with van der Waals surface area (Å²) in [5, 5.41) is 11.6. The maximum Gasteiger partial charge on any atom is 0.304 e. The maximum atomic E-state index is 13.2. The molecular formula is C13H15BrFNO3. The van der Waals surface area contributed by atoms with Crippen LogP contribution in [0, 0.1) is 5.82 Å². The Kier molecular flexibility index (Phi) is 5.05. The summed E-state index contributed by atoms with van der Waals surface area (Å²) in [6.07, 6.45) is -0.161. The zero-order valence-electron chi connectivity index (χ0n) is 10.7. The van der Waals surface area contributed by atoms with Crippen LogP contribution in [0.15, 0.2) is 22.7 Å². The van der Waals surface area contributed by atoms with E-state index in [1.807, 2.05) is 0 Å². The van der Waals surface area contributed by atoms with Gasteiger partial charge in [-0.05, 0) is 33.6 Å². The molecule has 0 saturated carbocycles. The van der Waals surface area contributed by atoms with Crippen molar-refractivity contribution in [3.8, 4) is 0 Å². The minimum absolute atomic E-state index is 0.161. The summed E-state index contributed by atoms with van der Waals surface area (Å²) in [5.41, 5.74) is -0.148. The molecule has 0 spiro atoms. The lowest BCUT2D eigenvalue weighted by molar-refractivity contribution is -0.138. The molecule has 1 unspecified atom stereocenters. The second-order valence-electron chi connectivity index (χ2n) is 4.67. The molecule has 104 valence electrons. The third-order valence-corrected chi connectivity index (χ3v) is 3.49. The largest absolute Gasteiger partial charge is 0.481 e. The summed E-state index contributed by atoms with van der Waals surface area (Å²) in [6, 6.07) is 4.35. The number of carbonyl (C=O) groups is 2. The number of benzene rings is 1. The number of aliphatic carboxylic acids is 1. The van der Waals surface area contributed by atoms with Crippen LogP contribution in [0.25, 0.3) is 0 Å². The minimum Gasteiger partial charge on any atom is -0.481 e. The van der Waals surface area contributed by atoms with Crippen LogP contribution in [0.5, 0.6) is 0 Å². The standard InChI is InChI=1S/C13H15BrFNO3/c1-8(17)16-7-13(2,6-12(18)19)9-3-4-11(15)10(14)5-9/h3-5H,6-7H2,1-2H3,(H,16,17)(H,18,19). The van der Waals surface area contributed by atoms with Gasteiger partial charge in [0, 0.05) is 18.9 Å². The Hall–Kier alpha value is -1.43. The predicted molar refractivity (Wildman–Crippen MR) is 72.4 cm³/mol. The number of halogens is 2. The van der Waals surface area contributed by atoms with E-state index in [9.17, 15) is 14.0 Å². The fourth-order valence-corrected chi connectivity index (χ4v) is 2.17. The van der Waals surface area contributed by atoms with Crippen LogP contribution < -0.4 is 5.32 Å². The number of amides is 1. The maximum absolute atomic E-state index is 13.2. The van der Waals surface area contributed by atoms with Crippen molar-refractivity contribution < 1.29 is 19.1 Å². The Balaban J connectivity index is 3.10. The third-order valence-electron chi connectivity index (χ3n) is 2.89. The number of carbonyl (C=O) groups excluding carboxylic acids is 1. The molecular weight excluding hydrogens is 317 g/mol. The average molecular weight is 332 g/mol. The van der Waals surface area contributed by atoms with Gasteiger partial charge in [-0.25, -0.2) is 4.39 Å². The first-order chi connectivity index (χ1) is 8.74. The molecule has 0 heterocycles. The highest BCUT2D eigenvalue weighted by Crippen LogP contribution is 2.30. The molecule has 6 heteroatoms. The Labute approximate surface area is 119 Å². The highest BCUT2D eigenvalue weighted by molar-refractivity contribution is 9.10. The van der Waals surface area contributed by atoms with Crippen molar-refractivity contribution in [2.45, 2.75) is 25.7 Å². The van der Waals surface area contributed by atoms with Crippen molar-refractivity contribution in [3.63, 3.8) is 0 Å². The Morgan fingerprint density at radius 3 is 2.58 bits per heavy atom. The zero-order valence-corrected chi connectivity index (χ0v) is 12.3. The van der Waals surface area contributed by atoms with Crippen molar-refractivity contribution >= 4 is 27.8 Å². The second-order valence-corrected chi connectivity index (χ2v) is 5.52. The number of hydrogen-bond donors (Lipinski definition) is 2. The molecule has 1 aromatic rings. The fraction of sp³-hybridized carbons (Fsp3) is 0.385. The highest BCUT2D eigenvalue weighted by atomic mass is 79.9. The van der Waals surface area contributed by atoms with Crippen molar-refractivity contribution in [2.75, 3.05) is 6.54 Å². The molecule has 1 rings (SSSR count). The molecule has 0 aliphatic carbocycles. The summed E-state index contributed by atoms with van der Waals surface area (Å²) in [5.74, 6) is -1.63. The van der Waals surface area contributed by atoms with Crippen molar-refractivity contribution in [1.82, 2.24) is 5.32 Å². The van der Waals surface area contributed by atoms with E-state index in [2.05, 4.69) is 21.2 Å². The smallest absolute Gasteiger partial charge is 0.304 e. The molecule has 0 saturated heterocycles. The first-order valence-corrected chi connectivity index (χ1v) is 6.46. The van der Waals surface area contributed by atoms with E-state index in [1.54, 1.807) is 13.0 Å². The Morgan fingerprint density at radius 2 is 2.11 bits per heavy atom. The second kappa shape index (κ2) is 6.14. The minimum atomic E-state index is -0.978. The number of nitrogens with one attached hydrogen (secondary N) is 1. The Bertz CT molecular complexity index is 507. The molecule has 0 radical (unpaired) electrons. The van der Waals surface area contributed by atoms with Gasteiger partial charge < -0.3 is 10.4 Å². The van der Waals surface area contributed by atoms with Crippen molar-refractivity contribution in [3.05, 3.63) is 34.1 Å². The lowest BCUT2D eigenvalue weighted by Crippen LogP contribution is -2.39. The van der Waals surface area contributed by atoms with Gasteiger partial charge in [-0.1, -0.05) is 13.0 Å². The topological polar surface area (TPSA) is 66.4 Å². The molecule has 4 nitrogen and oxygen atoms in total. The van der Waals surface area contributed by atoms with Gasteiger partial charge in [0.1, 0.15) is 5.82 Å². The molecule has 0 bridgehead atoms. The molecule has 1 aromatic carbocycles.